The van der Waals surface area contributed by atoms with Crippen molar-refractivity contribution < 1.29 is 9.53 Å². The number of benzene rings is 1. The topological polar surface area (TPSA) is 56.1 Å². The predicted molar refractivity (Wildman–Crippen MR) is 78.7 cm³/mol. The first-order valence-electron chi connectivity index (χ1n) is 6.79. The van der Waals surface area contributed by atoms with Crippen molar-refractivity contribution >= 4 is 16.9 Å². The Balaban J connectivity index is 1.97. The molecule has 0 saturated carbocycles. The number of nitrogens with one attached hydrogen (secondary N) is 1. The van der Waals surface area contributed by atoms with Gasteiger partial charge in [-0.25, -0.2) is 4.98 Å². The van der Waals surface area contributed by atoms with Crippen molar-refractivity contribution in [3.63, 3.8) is 0 Å². The fourth-order valence-electron chi connectivity index (χ4n) is 2.17. The molecule has 0 unspecified atom stereocenters. The van der Waals surface area contributed by atoms with Crippen molar-refractivity contribution in [1.29, 1.82) is 0 Å². The van der Waals surface area contributed by atoms with E-state index in [-0.39, 0.29) is 5.91 Å². The standard InChI is InChI=1S/C15H21N3O2/c1-11-17-13-9-12(5-6-14(13)18(11)2)10-15(19)16-7-4-8-20-3/h5-6,9H,4,7-8,10H2,1-3H3,(H,16,19). The van der Waals surface area contributed by atoms with Gasteiger partial charge in [-0.2, -0.15) is 0 Å². The summed E-state index contributed by atoms with van der Waals surface area (Å²) in [5.41, 5.74) is 3.02. The van der Waals surface area contributed by atoms with E-state index < -0.39 is 0 Å². The van der Waals surface area contributed by atoms with E-state index >= 15 is 0 Å². The van der Waals surface area contributed by atoms with Gasteiger partial charge in [-0.15, -0.1) is 0 Å². The molecule has 1 aromatic heterocycles. The van der Waals surface area contributed by atoms with E-state index in [1.807, 2.05) is 36.7 Å². The smallest absolute Gasteiger partial charge is 0.224 e. The fourth-order valence-corrected chi connectivity index (χ4v) is 2.17. The fraction of sp³-hybridized carbons (Fsp3) is 0.467. The number of imidazole rings is 1. The third kappa shape index (κ3) is 3.36. The molecule has 1 N–H and O–H groups in total. The lowest BCUT2D eigenvalue weighted by Crippen LogP contribution is -2.26. The molecule has 2 rings (SSSR count). The van der Waals surface area contributed by atoms with Crippen LogP contribution in [0.5, 0.6) is 0 Å². The monoisotopic (exact) mass is 275 g/mol. The van der Waals surface area contributed by atoms with E-state index in [4.69, 9.17) is 4.74 Å². The van der Waals surface area contributed by atoms with Crippen LogP contribution >= 0.6 is 0 Å². The van der Waals surface area contributed by atoms with Gasteiger partial charge in [0.15, 0.2) is 0 Å². The molecule has 5 nitrogen and oxygen atoms in total. The number of hydrogen-bond acceptors (Lipinski definition) is 3. The molecule has 0 aliphatic heterocycles. The van der Waals surface area contributed by atoms with Crippen LogP contribution in [-0.4, -0.2) is 35.7 Å². The number of carbonyl (C=O) groups excluding carboxylic acids is 1. The highest BCUT2D eigenvalue weighted by Gasteiger charge is 2.07. The van der Waals surface area contributed by atoms with Crippen LogP contribution in [0.15, 0.2) is 18.2 Å². The second-order valence-electron chi connectivity index (χ2n) is 4.91. The Bertz CT molecular complexity index is 604. The van der Waals surface area contributed by atoms with Gasteiger partial charge in [-0.3, -0.25) is 4.79 Å². The average molecular weight is 275 g/mol. The summed E-state index contributed by atoms with van der Waals surface area (Å²) in [6.45, 7) is 3.29. The van der Waals surface area contributed by atoms with Crippen molar-refractivity contribution in [2.45, 2.75) is 19.8 Å². The van der Waals surface area contributed by atoms with Crippen LogP contribution in [0.1, 0.15) is 17.8 Å². The van der Waals surface area contributed by atoms with Gasteiger partial charge in [-0.05, 0) is 31.0 Å². The van der Waals surface area contributed by atoms with Crippen LogP contribution in [0, 0.1) is 6.92 Å². The molecule has 0 atom stereocenters. The zero-order valence-electron chi connectivity index (χ0n) is 12.3. The van der Waals surface area contributed by atoms with Gasteiger partial charge in [0.1, 0.15) is 5.82 Å². The van der Waals surface area contributed by atoms with E-state index in [0.29, 0.717) is 19.6 Å². The summed E-state index contributed by atoms with van der Waals surface area (Å²) in [5.74, 6) is 1.01. The molecular weight excluding hydrogens is 254 g/mol. The third-order valence-electron chi connectivity index (χ3n) is 3.38. The van der Waals surface area contributed by atoms with E-state index in [2.05, 4.69) is 10.3 Å². The molecule has 0 aliphatic rings. The van der Waals surface area contributed by atoms with Crippen LogP contribution in [0.25, 0.3) is 11.0 Å². The summed E-state index contributed by atoms with van der Waals surface area (Å²) in [5, 5.41) is 2.89. The number of aryl methyl sites for hydroxylation is 2. The Morgan fingerprint density at radius 2 is 2.25 bits per heavy atom. The van der Waals surface area contributed by atoms with Crippen molar-refractivity contribution in [2.24, 2.45) is 7.05 Å². The highest BCUT2D eigenvalue weighted by molar-refractivity contribution is 5.82. The first-order chi connectivity index (χ1) is 9.61. The van der Waals surface area contributed by atoms with E-state index in [1.165, 1.54) is 0 Å². The summed E-state index contributed by atoms with van der Waals surface area (Å²) in [6.07, 6.45) is 1.22. The normalized spacial score (nSPS) is 10.9. The number of aromatic nitrogens is 2. The zero-order chi connectivity index (χ0) is 14.5. The van der Waals surface area contributed by atoms with E-state index in [9.17, 15) is 4.79 Å². The van der Waals surface area contributed by atoms with Gasteiger partial charge in [0.05, 0.1) is 17.5 Å². The molecule has 5 heteroatoms. The maximum atomic E-state index is 11.8. The Morgan fingerprint density at radius 1 is 1.45 bits per heavy atom. The molecule has 0 bridgehead atoms. The maximum Gasteiger partial charge on any atom is 0.224 e. The van der Waals surface area contributed by atoms with Crippen LogP contribution in [0.2, 0.25) is 0 Å². The predicted octanol–water partition coefficient (Wildman–Crippen LogP) is 1.58. The molecule has 2 aromatic rings. The number of fused-ring (bicyclic) bond motifs is 1. The van der Waals surface area contributed by atoms with Crippen LogP contribution < -0.4 is 5.32 Å². The highest BCUT2D eigenvalue weighted by atomic mass is 16.5. The van der Waals surface area contributed by atoms with Gasteiger partial charge in [0, 0.05) is 27.3 Å². The quantitative estimate of drug-likeness (QED) is 0.814. The lowest BCUT2D eigenvalue weighted by atomic mass is 10.1. The van der Waals surface area contributed by atoms with Crippen LogP contribution in [-0.2, 0) is 23.0 Å². The van der Waals surface area contributed by atoms with Crippen molar-refractivity contribution in [3.8, 4) is 0 Å². The number of nitrogens with zero attached hydrogens (tertiary/aromatic N) is 2. The van der Waals surface area contributed by atoms with Crippen molar-refractivity contribution in [1.82, 2.24) is 14.9 Å². The minimum atomic E-state index is 0.0353. The molecule has 0 spiro atoms. The molecule has 0 fully saturated rings. The third-order valence-corrected chi connectivity index (χ3v) is 3.38. The summed E-state index contributed by atoms with van der Waals surface area (Å²) >= 11 is 0. The number of hydrogen-bond donors (Lipinski definition) is 1. The van der Waals surface area contributed by atoms with Gasteiger partial charge in [0.2, 0.25) is 5.91 Å². The van der Waals surface area contributed by atoms with Gasteiger partial charge >= 0.3 is 0 Å². The van der Waals surface area contributed by atoms with Crippen LogP contribution in [0.4, 0.5) is 0 Å². The maximum absolute atomic E-state index is 11.8. The Labute approximate surface area is 118 Å². The number of methoxy groups -OCH3 is 1. The number of rotatable bonds is 6. The largest absolute Gasteiger partial charge is 0.385 e. The number of ether oxygens (including phenoxy) is 1. The molecule has 0 aliphatic carbocycles. The van der Waals surface area contributed by atoms with Crippen LogP contribution in [0.3, 0.4) is 0 Å². The summed E-state index contributed by atoms with van der Waals surface area (Å²) in [4.78, 5) is 16.3. The minimum Gasteiger partial charge on any atom is -0.385 e. The average Bonchev–Trinajstić information content (AvgIpc) is 2.70. The second kappa shape index (κ2) is 6.52. The van der Waals surface area contributed by atoms with E-state index in [0.717, 1.165) is 28.8 Å². The van der Waals surface area contributed by atoms with Gasteiger partial charge in [0.25, 0.3) is 0 Å². The Hall–Kier alpha value is -1.88. The SMILES string of the molecule is COCCCNC(=O)Cc1ccc2c(c1)nc(C)n2C. The zero-order valence-corrected chi connectivity index (χ0v) is 12.3. The minimum absolute atomic E-state index is 0.0353. The molecule has 0 saturated heterocycles. The molecule has 1 amide bonds. The second-order valence-corrected chi connectivity index (χ2v) is 4.91. The number of amides is 1. The molecular formula is C15H21N3O2. The summed E-state index contributed by atoms with van der Waals surface area (Å²) in [6, 6.07) is 5.98. The number of carbonyl (C=O) groups is 1. The molecule has 1 aromatic carbocycles. The molecule has 0 radical (unpaired) electrons. The Morgan fingerprint density at radius 3 is 3.00 bits per heavy atom. The van der Waals surface area contributed by atoms with Crippen molar-refractivity contribution in [3.05, 3.63) is 29.6 Å². The summed E-state index contributed by atoms with van der Waals surface area (Å²) < 4.78 is 6.99. The molecule has 20 heavy (non-hydrogen) atoms. The first kappa shape index (κ1) is 14.5. The van der Waals surface area contributed by atoms with Crippen molar-refractivity contribution in [2.75, 3.05) is 20.3 Å². The van der Waals surface area contributed by atoms with Gasteiger partial charge in [-0.1, -0.05) is 6.07 Å². The van der Waals surface area contributed by atoms with E-state index in [1.54, 1.807) is 7.11 Å². The van der Waals surface area contributed by atoms with Gasteiger partial charge < -0.3 is 14.6 Å². The lowest BCUT2D eigenvalue weighted by Gasteiger charge is -2.05. The lowest BCUT2D eigenvalue weighted by molar-refractivity contribution is -0.120. The molecule has 1 heterocycles. The first-order valence-corrected chi connectivity index (χ1v) is 6.79. The Kier molecular flexibility index (Phi) is 4.74. The summed E-state index contributed by atoms with van der Waals surface area (Å²) in [7, 11) is 3.65. The molecule has 108 valence electrons. The highest BCUT2D eigenvalue weighted by Crippen LogP contribution is 2.16.